The maximum absolute atomic E-state index is 12.0. The molecule has 2 aromatic heterocycles. The predicted molar refractivity (Wildman–Crippen MR) is 68.1 cm³/mol. The fraction of sp³-hybridized carbons (Fsp3) is 0.400. The molecule has 0 saturated heterocycles. The summed E-state index contributed by atoms with van der Waals surface area (Å²) >= 11 is 1.34. The molecular formula is C10H12N4O2S2. The second kappa shape index (κ2) is 4.36. The molecule has 0 atom stereocenters. The number of aromatic nitrogens is 3. The Morgan fingerprint density at radius 3 is 3.00 bits per heavy atom. The van der Waals surface area contributed by atoms with E-state index in [0.717, 1.165) is 31.6 Å². The maximum Gasteiger partial charge on any atom is 0.265 e. The first kappa shape index (κ1) is 11.7. The Hall–Kier alpha value is -1.41. The van der Waals surface area contributed by atoms with Crippen molar-refractivity contribution in [3.05, 3.63) is 22.7 Å². The molecule has 0 spiro atoms. The van der Waals surface area contributed by atoms with Crippen LogP contribution in [0, 0.1) is 0 Å². The van der Waals surface area contributed by atoms with Gasteiger partial charge < -0.3 is 0 Å². The van der Waals surface area contributed by atoms with Gasteiger partial charge in [0.1, 0.15) is 5.82 Å². The molecule has 6 nitrogen and oxygen atoms in total. The molecule has 3 heterocycles. The van der Waals surface area contributed by atoms with Crippen molar-refractivity contribution >= 4 is 27.3 Å². The average Bonchev–Trinajstić information content (AvgIpc) is 2.96. The molecule has 0 fully saturated rings. The van der Waals surface area contributed by atoms with Gasteiger partial charge in [-0.1, -0.05) is 0 Å². The molecule has 2 aromatic rings. The van der Waals surface area contributed by atoms with Crippen LogP contribution in [-0.4, -0.2) is 23.2 Å². The number of hydrogen-bond acceptors (Lipinski definition) is 5. The zero-order chi connectivity index (χ0) is 12.6. The fourth-order valence-corrected chi connectivity index (χ4v) is 3.88. The summed E-state index contributed by atoms with van der Waals surface area (Å²) in [6.45, 7) is 0.808. The lowest BCUT2D eigenvalue weighted by molar-refractivity contribution is 0.480. The lowest BCUT2D eigenvalue weighted by atomic mass is 10.2. The van der Waals surface area contributed by atoms with E-state index in [2.05, 4.69) is 14.8 Å². The fourth-order valence-electron chi connectivity index (χ4n) is 1.91. The molecule has 0 unspecified atom stereocenters. The zero-order valence-corrected chi connectivity index (χ0v) is 11.2. The van der Waals surface area contributed by atoms with Crippen molar-refractivity contribution in [3.8, 4) is 0 Å². The summed E-state index contributed by atoms with van der Waals surface area (Å²) in [6, 6.07) is 1.56. The van der Waals surface area contributed by atoms with E-state index in [4.69, 9.17) is 0 Å². The van der Waals surface area contributed by atoms with Crippen molar-refractivity contribution in [2.75, 3.05) is 4.72 Å². The summed E-state index contributed by atoms with van der Waals surface area (Å²) in [7, 11) is -3.55. The minimum atomic E-state index is -3.55. The van der Waals surface area contributed by atoms with Crippen LogP contribution in [0.1, 0.15) is 18.7 Å². The molecule has 1 N–H and O–H groups in total. The van der Waals surface area contributed by atoms with Gasteiger partial charge in [0.05, 0.1) is 4.90 Å². The third-order valence-corrected chi connectivity index (χ3v) is 4.96. The Morgan fingerprint density at radius 2 is 2.28 bits per heavy atom. The Kier molecular flexibility index (Phi) is 2.83. The monoisotopic (exact) mass is 284 g/mol. The van der Waals surface area contributed by atoms with Gasteiger partial charge in [0, 0.05) is 18.3 Å². The third-order valence-electron chi connectivity index (χ3n) is 2.80. The first-order valence-corrected chi connectivity index (χ1v) is 8.06. The molecule has 0 aliphatic carbocycles. The number of hydrogen-bond donors (Lipinski definition) is 1. The van der Waals surface area contributed by atoms with Gasteiger partial charge in [-0.15, -0.1) is 5.10 Å². The second-order valence-electron chi connectivity index (χ2n) is 4.10. The summed E-state index contributed by atoms with van der Waals surface area (Å²) in [4.78, 5) is 4.46. The number of aryl methyl sites for hydroxylation is 2. The van der Waals surface area contributed by atoms with E-state index in [1.165, 1.54) is 11.3 Å². The highest BCUT2D eigenvalue weighted by atomic mass is 32.2. The minimum Gasteiger partial charge on any atom is -0.248 e. The van der Waals surface area contributed by atoms with Crippen molar-refractivity contribution in [2.24, 2.45) is 0 Å². The lowest BCUT2D eigenvalue weighted by Gasteiger charge is -2.09. The molecule has 8 heteroatoms. The Morgan fingerprint density at radius 1 is 1.39 bits per heavy atom. The predicted octanol–water partition coefficient (Wildman–Crippen LogP) is 1.48. The molecule has 0 bridgehead atoms. The molecular weight excluding hydrogens is 272 g/mol. The van der Waals surface area contributed by atoms with E-state index in [1.807, 2.05) is 0 Å². The number of rotatable bonds is 3. The number of thiophene rings is 1. The highest BCUT2D eigenvalue weighted by molar-refractivity contribution is 7.92. The topological polar surface area (TPSA) is 76.9 Å². The molecule has 0 radical (unpaired) electrons. The van der Waals surface area contributed by atoms with E-state index in [9.17, 15) is 8.42 Å². The largest absolute Gasteiger partial charge is 0.265 e. The van der Waals surface area contributed by atoms with E-state index in [1.54, 1.807) is 21.5 Å². The molecule has 96 valence electrons. The average molecular weight is 284 g/mol. The van der Waals surface area contributed by atoms with Gasteiger partial charge in [0.15, 0.2) is 0 Å². The highest BCUT2D eigenvalue weighted by Gasteiger charge is 2.19. The normalized spacial score (nSPS) is 15.3. The lowest BCUT2D eigenvalue weighted by Crippen LogP contribution is -2.13. The van der Waals surface area contributed by atoms with E-state index in [-0.39, 0.29) is 10.8 Å². The standard InChI is InChI=1S/C10H12N4O2S2/c15-18(16,8-4-6-17-7-8)13-10-11-9-3-1-2-5-14(9)12-10/h4,6-7H,1-3,5H2,(H,12,13). The molecule has 1 aliphatic heterocycles. The van der Waals surface area contributed by atoms with Crippen LogP contribution in [0.5, 0.6) is 0 Å². The number of nitrogens with zero attached hydrogens (tertiary/aromatic N) is 3. The summed E-state index contributed by atoms with van der Waals surface area (Å²) in [5, 5.41) is 7.47. The number of anilines is 1. The van der Waals surface area contributed by atoms with Crippen LogP contribution in [0.15, 0.2) is 21.7 Å². The van der Waals surface area contributed by atoms with Crippen molar-refractivity contribution < 1.29 is 8.42 Å². The Bertz CT molecular complexity index is 622. The number of sulfonamides is 1. The molecule has 0 saturated carbocycles. The van der Waals surface area contributed by atoms with Crippen LogP contribution in [0.25, 0.3) is 0 Å². The van der Waals surface area contributed by atoms with Crippen molar-refractivity contribution in [3.63, 3.8) is 0 Å². The molecule has 1 aliphatic rings. The Balaban J connectivity index is 1.87. The van der Waals surface area contributed by atoms with Gasteiger partial charge in [0.25, 0.3) is 16.0 Å². The van der Waals surface area contributed by atoms with Crippen LogP contribution >= 0.6 is 11.3 Å². The van der Waals surface area contributed by atoms with Crippen LogP contribution in [0.3, 0.4) is 0 Å². The third kappa shape index (κ3) is 2.13. The van der Waals surface area contributed by atoms with Crippen molar-refractivity contribution in [2.45, 2.75) is 30.7 Å². The molecule has 0 amide bonds. The van der Waals surface area contributed by atoms with Gasteiger partial charge in [-0.2, -0.15) is 16.3 Å². The van der Waals surface area contributed by atoms with Crippen molar-refractivity contribution in [1.29, 1.82) is 0 Å². The van der Waals surface area contributed by atoms with Gasteiger partial charge in [-0.25, -0.2) is 17.8 Å². The van der Waals surface area contributed by atoms with Gasteiger partial charge in [-0.3, -0.25) is 0 Å². The minimum absolute atomic E-state index is 0.165. The molecule has 18 heavy (non-hydrogen) atoms. The maximum atomic E-state index is 12.0. The van der Waals surface area contributed by atoms with Crippen LogP contribution < -0.4 is 4.72 Å². The summed E-state index contributed by atoms with van der Waals surface area (Å²) in [6.07, 6.45) is 3.00. The Labute approximate surface area is 109 Å². The van der Waals surface area contributed by atoms with E-state index >= 15 is 0 Å². The summed E-state index contributed by atoms with van der Waals surface area (Å²) in [5.41, 5.74) is 0. The summed E-state index contributed by atoms with van der Waals surface area (Å²) < 4.78 is 28.2. The molecule has 0 aromatic carbocycles. The van der Waals surface area contributed by atoms with Crippen LogP contribution in [0.4, 0.5) is 5.95 Å². The number of nitrogens with one attached hydrogen (secondary N) is 1. The van der Waals surface area contributed by atoms with Crippen LogP contribution in [0.2, 0.25) is 0 Å². The smallest absolute Gasteiger partial charge is 0.248 e. The van der Waals surface area contributed by atoms with Crippen molar-refractivity contribution in [1.82, 2.24) is 14.8 Å². The first-order valence-electron chi connectivity index (χ1n) is 5.64. The number of fused-ring (bicyclic) bond motifs is 1. The first-order chi connectivity index (χ1) is 8.65. The highest BCUT2D eigenvalue weighted by Crippen LogP contribution is 2.18. The van der Waals surface area contributed by atoms with Gasteiger partial charge >= 0.3 is 0 Å². The molecule has 3 rings (SSSR count). The van der Waals surface area contributed by atoms with E-state index in [0.29, 0.717) is 0 Å². The quantitative estimate of drug-likeness (QED) is 0.926. The van der Waals surface area contributed by atoms with E-state index < -0.39 is 10.0 Å². The second-order valence-corrected chi connectivity index (χ2v) is 6.56. The van der Waals surface area contributed by atoms with Gasteiger partial charge in [-0.05, 0) is 24.3 Å². The zero-order valence-electron chi connectivity index (χ0n) is 9.54. The summed E-state index contributed by atoms with van der Waals surface area (Å²) in [5.74, 6) is 1.02. The van der Waals surface area contributed by atoms with Gasteiger partial charge in [0.2, 0.25) is 0 Å². The SMILES string of the molecule is O=S(=O)(Nc1nc2n(n1)CCCC2)c1ccsc1. The van der Waals surface area contributed by atoms with Crippen LogP contribution in [-0.2, 0) is 23.0 Å².